The minimum absolute atomic E-state index is 0.0174. The molecule has 0 bridgehead atoms. The number of amides is 2. The maximum absolute atomic E-state index is 12.5. The van der Waals surface area contributed by atoms with Gasteiger partial charge in [-0.05, 0) is 58.0 Å². The molecule has 1 aromatic carbocycles. The van der Waals surface area contributed by atoms with Gasteiger partial charge in [-0.1, -0.05) is 0 Å². The lowest BCUT2D eigenvalue weighted by Gasteiger charge is -2.31. The predicted molar refractivity (Wildman–Crippen MR) is 91.7 cm³/mol. The minimum atomic E-state index is 0.0174. The number of hydrogen-bond donors (Lipinski definition) is 1. The van der Waals surface area contributed by atoms with Gasteiger partial charge in [0.05, 0.1) is 0 Å². The third-order valence-corrected chi connectivity index (χ3v) is 4.62. The van der Waals surface area contributed by atoms with Gasteiger partial charge in [-0.3, -0.25) is 9.59 Å². The third kappa shape index (κ3) is 4.10. The first-order valence-corrected chi connectivity index (χ1v) is 8.46. The molecule has 23 heavy (non-hydrogen) atoms. The van der Waals surface area contributed by atoms with Gasteiger partial charge in [0.2, 0.25) is 0 Å². The molecule has 5 nitrogen and oxygen atoms in total. The smallest absolute Gasteiger partial charge is 0.253 e. The van der Waals surface area contributed by atoms with Crippen LogP contribution >= 0.6 is 0 Å². The number of piperidine rings is 1. The summed E-state index contributed by atoms with van der Waals surface area (Å²) in [6, 6.07) is 7.56. The zero-order valence-corrected chi connectivity index (χ0v) is 14.3. The molecule has 0 aromatic heterocycles. The molecule has 1 heterocycles. The molecule has 0 atom stereocenters. The molecule has 1 N–H and O–H groups in total. The van der Waals surface area contributed by atoms with E-state index in [9.17, 15) is 9.59 Å². The fourth-order valence-electron chi connectivity index (χ4n) is 3.00. The molecule has 2 rings (SSSR count). The highest BCUT2D eigenvalue weighted by molar-refractivity contribution is 5.97. The average molecular weight is 317 g/mol. The predicted octanol–water partition coefficient (Wildman–Crippen LogP) is 1.99. The Balaban J connectivity index is 2.02. The number of carbonyl (C=O) groups excluding carboxylic acids is 2. The number of likely N-dealkylation sites (tertiary alicyclic amines) is 1. The summed E-state index contributed by atoms with van der Waals surface area (Å²) in [5, 5.41) is 3.26. The highest BCUT2D eigenvalue weighted by atomic mass is 16.2. The number of carbonyl (C=O) groups is 2. The second kappa shape index (κ2) is 8.11. The van der Waals surface area contributed by atoms with Gasteiger partial charge < -0.3 is 15.1 Å². The highest BCUT2D eigenvalue weighted by Crippen LogP contribution is 2.15. The van der Waals surface area contributed by atoms with E-state index < -0.39 is 0 Å². The largest absolute Gasteiger partial charge is 0.339 e. The zero-order valence-electron chi connectivity index (χ0n) is 14.3. The molecule has 1 aromatic rings. The van der Waals surface area contributed by atoms with Crippen LogP contribution in [-0.4, -0.2) is 60.9 Å². The monoisotopic (exact) mass is 317 g/mol. The SMILES string of the molecule is CCN(CC)C(=O)c1ccc(C(=O)N2CCC(NC)CC2)cc1. The molecule has 126 valence electrons. The fourth-order valence-corrected chi connectivity index (χ4v) is 3.00. The zero-order chi connectivity index (χ0) is 16.8. The van der Waals surface area contributed by atoms with E-state index in [4.69, 9.17) is 0 Å². The van der Waals surface area contributed by atoms with Crippen molar-refractivity contribution in [3.8, 4) is 0 Å². The Morgan fingerprint density at radius 1 is 1.09 bits per heavy atom. The topological polar surface area (TPSA) is 52.7 Å². The van der Waals surface area contributed by atoms with Crippen molar-refractivity contribution in [3.63, 3.8) is 0 Å². The van der Waals surface area contributed by atoms with Crippen LogP contribution in [0.15, 0.2) is 24.3 Å². The quantitative estimate of drug-likeness (QED) is 0.903. The van der Waals surface area contributed by atoms with Crippen molar-refractivity contribution in [1.82, 2.24) is 15.1 Å². The first-order valence-electron chi connectivity index (χ1n) is 8.46. The molecule has 1 saturated heterocycles. The van der Waals surface area contributed by atoms with Crippen molar-refractivity contribution >= 4 is 11.8 Å². The van der Waals surface area contributed by atoms with Gasteiger partial charge in [-0.15, -0.1) is 0 Å². The molecule has 0 aliphatic carbocycles. The van der Waals surface area contributed by atoms with Crippen molar-refractivity contribution < 1.29 is 9.59 Å². The Morgan fingerprint density at radius 2 is 1.61 bits per heavy atom. The fraction of sp³-hybridized carbons (Fsp3) is 0.556. The van der Waals surface area contributed by atoms with E-state index in [2.05, 4.69) is 5.32 Å². The Labute approximate surface area is 138 Å². The summed E-state index contributed by atoms with van der Waals surface area (Å²) < 4.78 is 0. The molecule has 2 amide bonds. The van der Waals surface area contributed by atoms with Crippen LogP contribution in [0.25, 0.3) is 0 Å². The van der Waals surface area contributed by atoms with Gasteiger partial charge in [0.15, 0.2) is 0 Å². The van der Waals surface area contributed by atoms with E-state index in [0.29, 0.717) is 30.3 Å². The molecule has 0 radical (unpaired) electrons. The number of nitrogens with one attached hydrogen (secondary N) is 1. The van der Waals surface area contributed by atoms with Crippen molar-refractivity contribution in [2.45, 2.75) is 32.7 Å². The lowest BCUT2D eigenvalue weighted by Crippen LogP contribution is -2.43. The maximum Gasteiger partial charge on any atom is 0.253 e. The molecule has 0 unspecified atom stereocenters. The van der Waals surface area contributed by atoms with Crippen LogP contribution in [0.5, 0.6) is 0 Å². The van der Waals surface area contributed by atoms with Crippen LogP contribution in [0.4, 0.5) is 0 Å². The van der Waals surface area contributed by atoms with Crippen LogP contribution in [-0.2, 0) is 0 Å². The Morgan fingerprint density at radius 3 is 2.09 bits per heavy atom. The number of nitrogens with zero attached hydrogens (tertiary/aromatic N) is 2. The Hall–Kier alpha value is -1.88. The minimum Gasteiger partial charge on any atom is -0.339 e. The number of hydrogen-bond acceptors (Lipinski definition) is 3. The summed E-state index contributed by atoms with van der Waals surface area (Å²) in [5.74, 6) is 0.0743. The van der Waals surface area contributed by atoms with Gasteiger partial charge in [0.1, 0.15) is 0 Å². The van der Waals surface area contributed by atoms with Gasteiger partial charge in [0, 0.05) is 43.3 Å². The molecular formula is C18H27N3O2. The Bertz CT molecular complexity index is 530. The lowest BCUT2D eigenvalue weighted by molar-refractivity contribution is 0.0705. The van der Waals surface area contributed by atoms with Crippen molar-refractivity contribution in [2.24, 2.45) is 0 Å². The van der Waals surface area contributed by atoms with Crippen LogP contribution in [0.3, 0.4) is 0 Å². The first kappa shape index (κ1) is 17.5. The van der Waals surface area contributed by atoms with E-state index in [1.807, 2.05) is 25.8 Å². The number of rotatable bonds is 5. The molecule has 0 spiro atoms. The molecule has 1 aliphatic heterocycles. The summed E-state index contributed by atoms with van der Waals surface area (Å²) >= 11 is 0. The second-order valence-corrected chi connectivity index (χ2v) is 5.91. The third-order valence-electron chi connectivity index (χ3n) is 4.62. The summed E-state index contributed by atoms with van der Waals surface area (Å²) in [5.41, 5.74) is 1.29. The van der Waals surface area contributed by atoms with E-state index in [1.54, 1.807) is 29.2 Å². The summed E-state index contributed by atoms with van der Waals surface area (Å²) in [4.78, 5) is 28.5. The van der Waals surface area contributed by atoms with Gasteiger partial charge in [0.25, 0.3) is 11.8 Å². The second-order valence-electron chi connectivity index (χ2n) is 5.91. The van der Waals surface area contributed by atoms with Crippen LogP contribution in [0.1, 0.15) is 47.4 Å². The maximum atomic E-state index is 12.5. The summed E-state index contributed by atoms with van der Waals surface area (Å²) in [6.45, 7) is 6.88. The molecule has 0 saturated carbocycles. The Kier molecular flexibility index (Phi) is 6.16. The molecule has 1 aliphatic rings. The van der Waals surface area contributed by atoms with Crippen LogP contribution in [0.2, 0.25) is 0 Å². The van der Waals surface area contributed by atoms with E-state index in [1.165, 1.54) is 0 Å². The summed E-state index contributed by atoms with van der Waals surface area (Å²) in [6.07, 6.45) is 1.97. The van der Waals surface area contributed by atoms with Crippen molar-refractivity contribution in [2.75, 3.05) is 33.2 Å². The van der Waals surface area contributed by atoms with Crippen LogP contribution < -0.4 is 5.32 Å². The van der Waals surface area contributed by atoms with E-state index >= 15 is 0 Å². The van der Waals surface area contributed by atoms with Gasteiger partial charge in [-0.25, -0.2) is 0 Å². The van der Waals surface area contributed by atoms with E-state index in [0.717, 1.165) is 25.9 Å². The van der Waals surface area contributed by atoms with Crippen molar-refractivity contribution in [1.29, 1.82) is 0 Å². The number of benzene rings is 1. The first-order chi connectivity index (χ1) is 11.1. The average Bonchev–Trinajstić information content (AvgIpc) is 2.62. The summed E-state index contributed by atoms with van der Waals surface area (Å²) in [7, 11) is 1.97. The van der Waals surface area contributed by atoms with Gasteiger partial charge in [-0.2, -0.15) is 0 Å². The lowest BCUT2D eigenvalue weighted by atomic mass is 10.0. The van der Waals surface area contributed by atoms with E-state index in [-0.39, 0.29) is 11.8 Å². The normalized spacial score (nSPS) is 15.5. The molecular weight excluding hydrogens is 290 g/mol. The molecule has 1 fully saturated rings. The van der Waals surface area contributed by atoms with Gasteiger partial charge >= 0.3 is 0 Å². The molecule has 5 heteroatoms. The van der Waals surface area contributed by atoms with Crippen molar-refractivity contribution in [3.05, 3.63) is 35.4 Å². The standard InChI is InChI=1S/C18H27N3O2/c1-4-20(5-2)17(22)14-6-8-15(9-7-14)18(23)21-12-10-16(19-3)11-13-21/h6-9,16,19H,4-5,10-13H2,1-3H3. The highest BCUT2D eigenvalue weighted by Gasteiger charge is 2.23. The van der Waals surface area contributed by atoms with Crippen LogP contribution in [0, 0.1) is 0 Å².